The number of rotatable bonds is 18. The zero-order valence-corrected chi connectivity index (χ0v) is 36.7. The Bertz CT molecular complexity index is 1370. The molecule has 280 valence electrons. The number of nitrogens with one attached hydrogen (secondary N) is 1. The third kappa shape index (κ3) is 16.7. The standard InChI is InChI=1S/C44H73NO3Si2/c1-34(25-21-18-17-19-22-26-36(3)42(46)45-39(6)33-47-49(13,14)43(7,8)9)31-37(4)41(48-50(15,16)44(10,11)12)38(5)32-35(2)29-30-40-27-23-20-24-28-40/h17-28,31-32,35,37,39,41H,29-30,33H2,1-16H3,(H,45,46)/b18-17+,22-19+,25-21+,34-31+,36-26+,38-32+/t35-,37+,39-,41+/m0/s1. The van der Waals surface area contributed by atoms with Crippen LogP contribution < -0.4 is 5.32 Å². The molecule has 0 spiro atoms. The van der Waals surface area contributed by atoms with Gasteiger partial charge in [-0.3, -0.25) is 4.79 Å². The maximum atomic E-state index is 12.7. The molecule has 0 saturated carbocycles. The summed E-state index contributed by atoms with van der Waals surface area (Å²) in [4.78, 5) is 12.7. The maximum Gasteiger partial charge on any atom is 0.247 e. The van der Waals surface area contributed by atoms with Crippen molar-refractivity contribution in [1.29, 1.82) is 0 Å². The third-order valence-corrected chi connectivity index (χ3v) is 19.3. The lowest BCUT2D eigenvalue weighted by Gasteiger charge is -2.41. The smallest absolute Gasteiger partial charge is 0.247 e. The second-order valence-electron chi connectivity index (χ2n) is 17.4. The highest BCUT2D eigenvalue weighted by Crippen LogP contribution is 2.40. The molecule has 6 heteroatoms. The summed E-state index contributed by atoms with van der Waals surface area (Å²) in [6.07, 6.45) is 20.9. The van der Waals surface area contributed by atoms with Gasteiger partial charge in [0.05, 0.1) is 12.7 Å². The summed E-state index contributed by atoms with van der Waals surface area (Å²) in [6, 6.07) is 10.7. The summed E-state index contributed by atoms with van der Waals surface area (Å²) in [6.45, 7) is 36.2. The van der Waals surface area contributed by atoms with Gasteiger partial charge in [0, 0.05) is 17.5 Å². The molecule has 1 N–H and O–H groups in total. The Hall–Kier alpha value is -2.52. The average molecular weight is 720 g/mol. The number of hydrogen-bond donors (Lipinski definition) is 1. The minimum Gasteiger partial charge on any atom is -0.415 e. The van der Waals surface area contributed by atoms with E-state index in [1.54, 1.807) is 0 Å². The molecule has 0 aliphatic heterocycles. The molecule has 1 rings (SSSR count). The maximum absolute atomic E-state index is 12.7. The Morgan fingerprint density at radius 3 is 1.94 bits per heavy atom. The van der Waals surface area contributed by atoms with Crippen LogP contribution in [0.1, 0.15) is 95.1 Å². The van der Waals surface area contributed by atoms with Crippen molar-refractivity contribution in [3.63, 3.8) is 0 Å². The van der Waals surface area contributed by atoms with Gasteiger partial charge in [0.15, 0.2) is 16.6 Å². The highest BCUT2D eigenvalue weighted by molar-refractivity contribution is 6.74. The zero-order chi connectivity index (χ0) is 38.3. The fraction of sp³-hybridized carbons (Fsp3) is 0.568. The van der Waals surface area contributed by atoms with E-state index in [9.17, 15) is 4.79 Å². The minimum atomic E-state index is -1.99. The van der Waals surface area contributed by atoms with E-state index < -0.39 is 16.6 Å². The zero-order valence-electron chi connectivity index (χ0n) is 34.7. The van der Waals surface area contributed by atoms with E-state index in [0.717, 1.165) is 12.8 Å². The van der Waals surface area contributed by atoms with E-state index >= 15 is 0 Å². The molecule has 0 bridgehead atoms. The molecule has 1 amide bonds. The Kier molecular flexibility index (Phi) is 18.7. The summed E-state index contributed by atoms with van der Waals surface area (Å²) < 4.78 is 13.4. The largest absolute Gasteiger partial charge is 0.415 e. The van der Waals surface area contributed by atoms with Crippen molar-refractivity contribution in [2.75, 3.05) is 6.61 Å². The van der Waals surface area contributed by atoms with Crippen molar-refractivity contribution in [2.45, 2.75) is 144 Å². The van der Waals surface area contributed by atoms with E-state index in [1.165, 1.54) is 16.7 Å². The molecule has 0 saturated heterocycles. The summed E-state index contributed by atoms with van der Waals surface area (Å²) in [7, 11) is -3.83. The van der Waals surface area contributed by atoms with Gasteiger partial charge in [-0.15, -0.1) is 0 Å². The van der Waals surface area contributed by atoms with Crippen LogP contribution in [0.5, 0.6) is 0 Å². The van der Waals surface area contributed by atoms with Gasteiger partial charge in [-0.25, -0.2) is 0 Å². The first-order valence-corrected chi connectivity index (χ1v) is 24.5. The van der Waals surface area contributed by atoms with Crippen molar-refractivity contribution in [2.24, 2.45) is 11.8 Å². The van der Waals surface area contributed by atoms with Crippen molar-refractivity contribution in [3.8, 4) is 0 Å². The summed E-state index contributed by atoms with van der Waals surface area (Å²) in [5, 5.41) is 3.34. The van der Waals surface area contributed by atoms with Crippen LogP contribution in [0.3, 0.4) is 0 Å². The second-order valence-corrected chi connectivity index (χ2v) is 27.0. The number of carbonyl (C=O) groups is 1. The van der Waals surface area contributed by atoms with Crippen LogP contribution in [0.15, 0.2) is 102 Å². The van der Waals surface area contributed by atoms with E-state index in [0.29, 0.717) is 18.1 Å². The van der Waals surface area contributed by atoms with Gasteiger partial charge in [0.25, 0.3) is 0 Å². The minimum absolute atomic E-state index is 0.0387. The van der Waals surface area contributed by atoms with Crippen LogP contribution >= 0.6 is 0 Å². The predicted octanol–water partition coefficient (Wildman–Crippen LogP) is 12.3. The first-order chi connectivity index (χ1) is 23.0. The molecular weight excluding hydrogens is 647 g/mol. The molecule has 4 nitrogen and oxygen atoms in total. The Morgan fingerprint density at radius 2 is 1.36 bits per heavy atom. The Labute approximate surface area is 310 Å². The van der Waals surface area contributed by atoms with Gasteiger partial charge in [0.2, 0.25) is 5.91 Å². The molecule has 0 radical (unpaired) electrons. The van der Waals surface area contributed by atoms with Crippen LogP contribution in [0.25, 0.3) is 0 Å². The molecule has 0 heterocycles. The van der Waals surface area contributed by atoms with Gasteiger partial charge >= 0.3 is 0 Å². The Balaban J connectivity index is 2.87. The molecule has 1 aromatic carbocycles. The van der Waals surface area contributed by atoms with Crippen LogP contribution in [-0.2, 0) is 20.1 Å². The van der Waals surface area contributed by atoms with Crippen LogP contribution in [0, 0.1) is 11.8 Å². The number of carbonyl (C=O) groups excluding carboxylic acids is 1. The lowest BCUT2D eigenvalue weighted by atomic mass is 9.92. The van der Waals surface area contributed by atoms with Crippen LogP contribution in [-0.4, -0.2) is 41.3 Å². The van der Waals surface area contributed by atoms with E-state index in [4.69, 9.17) is 8.85 Å². The van der Waals surface area contributed by atoms with Gasteiger partial charge in [0.1, 0.15) is 0 Å². The topological polar surface area (TPSA) is 47.6 Å². The fourth-order valence-corrected chi connectivity index (χ4v) is 7.43. The molecule has 0 unspecified atom stereocenters. The number of amides is 1. The van der Waals surface area contributed by atoms with Crippen LogP contribution in [0.4, 0.5) is 0 Å². The summed E-state index contributed by atoms with van der Waals surface area (Å²) in [5.41, 5.74) is 4.60. The van der Waals surface area contributed by atoms with Crippen molar-refractivity contribution in [1.82, 2.24) is 5.32 Å². The lowest BCUT2D eigenvalue weighted by Crippen LogP contribution is -2.45. The number of allylic oxidation sites excluding steroid dienone is 9. The van der Waals surface area contributed by atoms with Gasteiger partial charge in [-0.2, -0.15) is 0 Å². The monoisotopic (exact) mass is 720 g/mol. The quantitative estimate of drug-likeness (QED) is 0.0711. The number of benzene rings is 1. The van der Waals surface area contributed by atoms with Gasteiger partial charge < -0.3 is 14.2 Å². The van der Waals surface area contributed by atoms with Gasteiger partial charge in [-0.05, 0) is 93.9 Å². The molecular formula is C44H73NO3Si2. The van der Waals surface area contributed by atoms with E-state index in [-0.39, 0.29) is 34.0 Å². The highest BCUT2D eigenvalue weighted by atomic mass is 28.4. The van der Waals surface area contributed by atoms with Crippen molar-refractivity contribution in [3.05, 3.63) is 107 Å². The molecule has 4 atom stereocenters. The molecule has 1 aromatic rings. The Morgan fingerprint density at radius 1 is 0.800 bits per heavy atom. The van der Waals surface area contributed by atoms with Gasteiger partial charge in [-0.1, -0.05) is 146 Å². The van der Waals surface area contributed by atoms with Crippen LogP contribution in [0.2, 0.25) is 36.3 Å². The molecule has 50 heavy (non-hydrogen) atoms. The summed E-state index contributed by atoms with van der Waals surface area (Å²) in [5.74, 6) is 0.637. The normalized spacial score (nSPS) is 17.1. The van der Waals surface area contributed by atoms with Crippen molar-refractivity contribution >= 4 is 22.5 Å². The first-order valence-electron chi connectivity index (χ1n) is 18.7. The average Bonchev–Trinajstić information content (AvgIpc) is 3.00. The fourth-order valence-electron chi connectivity index (χ4n) is 4.94. The number of aryl methyl sites for hydroxylation is 1. The predicted molar refractivity (Wildman–Crippen MR) is 225 cm³/mol. The van der Waals surface area contributed by atoms with E-state index in [1.807, 2.05) is 44.2 Å². The highest BCUT2D eigenvalue weighted by Gasteiger charge is 2.40. The van der Waals surface area contributed by atoms with Crippen molar-refractivity contribution < 1.29 is 13.6 Å². The molecule has 0 aliphatic carbocycles. The molecule has 0 fully saturated rings. The number of hydrogen-bond acceptors (Lipinski definition) is 3. The first kappa shape index (κ1) is 45.5. The SMILES string of the molecule is CC(/C=C/C=C/C=C/C=C(\C)C(=O)N[C@@H](C)CO[Si](C)(C)C(C)(C)C)=C\[C@@H](C)[C@@H](O[Si](C)(C)C(C)(C)C)/C(C)=C/[C@@H](C)CCc1ccccc1. The lowest BCUT2D eigenvalue weighted by molar-refractivity contribution is -0.118. The van der Waals surface area contributed by atoms with E-state index in [2.05, 4.69) is 155 Å². The third-order valence-electron chi connectivity index (χ3n) is 10.3. The molecule has 0 aromatic heterocycles. The second kappa shape index (κ2) is 20.5. The summed E-state index contributed by atoms with van der Waals surface area (Å²) >= 11 is 0. The molecule has 0 aliphatic rings.